The molecule has 0 aliphatic rings. The van der Waals surface area contributed by atoms with Crippen molar-refractivity contribution < 1.29 is 9.53 Å². The number of carbonyl (C=O) groups is 1. The lowest BCUT2D eigenvalue weighted by atomic mass is 10.2. The summed E-state index contributed by atoms with van der Waals surface area (Å²) in [7, 11) is 1.35. The number of thiophene rings is 1. The van der Waals surface area contributed by atoms with Gasteiger partial charge in [-0.15, -0.1) is 23.7 Å². The molecule has 0 unspecified atom stereocenters. The molecule has 0 atom stereocenters. The number of nitrogens with two attached hydrogens (primary N) is 1. The Bertz CT molecular complexity index is 298. The lowest BCUT2D eigenvalue weighted by Gasteiger charge is -1.97. The van der Waals surface area contributed by atoms with Crippen LogP contribution < -0.4 is 5.73 Å². The predicted molar refractivity (Wildman–Crippen MR) is 56.7 cm³/mol. The molecule has 0 aliphatic heterocycles. The molecule has 0 radical (unpaired) electrons. The van der Waals surface area contributed by atoms with Crippen LogP contribution in [0, 0.1) is 0 Å². The maximum absolute atomic E-state index is 11.1. The molecular weight excluding hydrogens is 210 g/mol. The molecule has 13 heavy (non-hydrogen) atoms. The summed E-state index contributed by atoms with van der Waals surface area (Å²) in [5.74, 6) is -0.358. The van der Waals surface area contributed by atoms with Crippen LogP contribution in [0.1, 0.15) is 22.2 Å². The zero-order valence-electron chi connectivity index (χ0n) is 7.49. The van der Waals surface area contributed by atoms with E-state index >= 15 is 0 Å². The number of hydrogen-bond donors (Lipinski definition) is 1. The van der Waals surface area contributed by atoms with Gasteiger partial charge in [0, 0.05) is 10.3 Å². The number of aryl methyl sites for hydroxylation is 1. The van der Waals surface area contributed by atoms with Crippen molar-refractivity contribution in [3.05, 3.63) is 15.8 Å². The minimum absolute atomic E-state index is 0. The van der Waals surface area contributed by atoms with Crippen molar-refractivity contribution in [3.63, 3.8) is 0 Å². The summed E-state index contributed by atoms with van der Waals surface area (Å²) in [6.07, 6.45) is 0.855. The van der Waals surface area contributed by atoms with E-state index in [0.717, 1.165) is 11.3 Å². The Morgan fingerprint density at radius 2 is 2.31 bits per heavy atom. The van der Waals surface area contributed by atoms with Gasteiger partial charge in [0.2, 0.25) is 0 Å². The molecule has 0 fully saturated rings. The van der Waals surface area contributed by atoms with Gasteiger partial charge < -0.3 is 10.5 Å². The Hall–Kier alpha value is -0.740. The summed E-state index contributed by atoms with van der Waals surface area (Å²) < 4.78 is 4.56. The topological polar surface area (TPSA) is 52.3 Å². The number of carbonyl (C=O) groups excluding carboxylic acids is 1. The van der Waals surface area contributed by atoms with E-state index in [1.54, 1.807) is 5.38 Å². The smallest absolute Gasteiger partial charge is 0.340 e. The summed E-state index contributed by atoms with van der Waals surface area (Å²) in [6.45, 7) is 2.00. The fourth-order valence-electron chi connectivity index (χ4n) is 0.949. The number of nitrogen functional groups attached to an aromatic ring is 1. The van der Waals surface area contributed by atoms with Gasteiger partial charge in [-0.1, -0.05) is 6.92 Å². The van der Waals surface area contributed by atoms with Gasteiger partial charge in [0.05, 0.1) is 18.4 Å². The molecule has 1 heterocycles. The van der Waals surface area contributed by atoms with Crippen LogP contribution in [0.3, 0.4) is 0 Å². The third-order valence-corrected chi connectivity index (χ3v) is 2.78. The molecule has 2 N–H and O–H groups in total. The maximum atomic E-state index is 11.1. The number of halogens is 1. The Morgan fingerprint density at radius 1 is 1.69 bits per heavy atom. The monoisotopic (exact) mass is 221 g/mol. The fourth-order valence-corrected chi connectivity index (χ4v) is 1.84. The fraction of sp³-hybridized carbons (Fsp3) is 0.375. The van der Waals surface area contributed by atoms with Crippen molar-refractivity contribution in [2.24, 2.45) is 0 Å². The van der Waals surface area contributed by atoms with Crippen molar-refractivity contribution in [2.75, 3.05) is 12.8 Å². The molecule has 3 nitrogen and oxygen atoms in total. The Balaban J connectivity index is 0.00000144. The summed E-state index contributed by atoms with van der Waals surface area (Å²) in [6, 6.07) is 0. The van der Waals surface area contributed by atoms with E-state index in [0.29, 0.717) is 11.3 Å². The van der Waals surface area contributed by atoms with E-state index in [1.807, 2.05) is 6.92 Å². The molecule has 0 spiro atoms. The first-order valence-electron chi connectivity index (χ1n) is 3.64. The van der Waals surface area contributed by atoms with Crippen LogP contribution in [0.2, 0.25) is 0 Å². The number of methoxy groups -OCH3 is 1. The summed E-state index contributed by atoms with van der Waals surface area (Å²) in [5, 5.41) is 1.74. The van der Waals surface area contributed by atoms with Crippen LogP contribution in [-0.2, 0) is 11.2 Å². The summed E-state index contributed by atoms with van der Waals surface area (Å²) in [5.41, 5.74) is 6.75. The zero-order chi connectivity index (χ0) is 9.14. The van der Waals surface area contributed by atoms with Gasteiger partial charge in [-0.25, -0.2) is 4.79 Å². The van der Waals surface area contributed by atoms with E-state index < -0.39 is 0 Å². The summed E-state index contributed by atoms with van der Waals surface area (Å²) in [4.78, 5) is 12.1. The highest BCUT2D eigenvalue weighted by Crippen LogP contribution is 2.25. The SMILES string of the molecule is CCc1scc(C(=O)OC)c1N.Cl. The molecule has 1 aromatic heterocycles. The van der Waals surface area contributed by atoms with Crippen molar-refractivity contribution in [3.8, 4) is 0 Å². The van der Waals surface area contributed by atoms with Crippen molar-refractivity contribution >= 4 is 35.4 Å². The van der Waals surface area contributed by atoms with E-state index in [4.69, 9.17) is 5.73 Å². The maximum Gasteiger partial charge on any atom is 0.340 e. The van der Waals surface area contributed by atoms with Crippen LogP contribution in [0.4, 0.5) is 5.69 Å². The molecular formula is C8H12ClNO2S. The standard InChI is InChI=1S/C8H11NO2S.ClH/c1-3-6-7(9)5(4-12-6)8(10)11-2;/h4H,3,9H2,1-2H3;1H. The second-order valence-corrected chi connectivity index (χ2v) is 3.30. The lowest BCUT2D eigenvalue weighted by Crippen LogP contribution is -2.03. The van der Waals surface area contributed by atoms with Crippen molar-refractivity contribution in [2.45, 2.75) is 13.3 Å². The highest BCUT2D eigenvalue weighted by atomic mass is 35.5. The highest BCUT2D eigenvalue weighted by molar-refractivity contribution is 7.10. The summed E-state index contributed by atoms with van der Waals surface area (Å²) >= 11 is 1.49. The van der Waals surface area contributed by atoms with Gasteiger partial charge in [-0.05, 0) is 6.42 Å². The predicted octanol–water partition coefficient (Wildman–Crippen LogP) is 2.10. The average molecular weight is 222 g/mol. The molecule has 0 amide bonds. The molecule has 0 saturated heterocycles. The number of anilines is 1. The van der Waals surface area contributed by atoms with Gasteiger partial charge in [0.1, 0.15) is 0 Å². The number of esters is 1. The number of ether oxygens (including phenoxy) is 1. The number of hydrogen-bond acceptors (Lipinski definition) is 4. The average Bonchev–Trinajstić information content (AvgIpc) is 2.45. The van der Waals surface area contributed by atoms with Gasteiger partial charge in [-0.2, -0.15) is 0 Å². The first kappa shape index (κ1) is 12.3. The lowest BCUT2D eigenvalue weighted by molar-refractivity contribution is 0.0602. The van der Waals surface area contributed by atoms with Crippen molar-refractivity contribution in [1.29, 1.82) is 0 Å². The Morgan fingerprint density at radius 3 is 2.69 bits per heavy atom. The molecule has 74 valence electrons. The third-order valence-electron chi connectivity index (χ3n) is 1.64. The van der Waals surface area contributed by atoms with E-state index in [-0.39, 0.29) is 18.4 Å². The van der Waals surface area contributed by atoms with Crippen LogP contribution in [-0.4, -0.2) is 13.1 Å². The van der Waals surface area contributed by atoms with E-state index in [2.05, 4.69) is 4.74 Å². The third kappa shape index (κ3) is 2.35. The molecule has 5 heteroatoms. The van der Waals surface area contributed by atoms with Crippen LogP contribution in [0.15, 0.2) is 5.38 Å². The minimum atomic E-state index is -0.358. The molecule has 1 rings (SSSR count). The second kappa shape index (κ2) is 5.09. The highest BCUT2D eigenvalue weighted by Gasteiger charge is 2.13. The number of rotatable bonds is 2. The molecule has 0 saturated carbocycles. The second-order valence-electron chi connectivity index (χ2n) is 2.33. The minimum Gasteiger partial charge on any atom is -0.465 e. The molecule has 1 aromatic rings. The Kier molecular flexibility index (Phi) is 4.80. The molecule has 0 bridgehead atoms. The zero-order valence-corrected chi connectivity index (χ0v) is 9.13. The normalized spacial score (nSPS) is 9.08. The van der Waals surface area contributed by atoms with Gasteiger partial charge in [-0.3, -0.25) is 0 Å². The van der Waals surface area contributed by atoms with Crippen molar-refractivity contribution in [1.82, 2.24) is 0 Å². The quantitative estimate of drug-likeness (QED) is 0.779. The van der Waals surface area contributed by atoms with E-state index in [9.17, 15) is 4.79 Å². The molecule has 0 aliphatic carbocycles. The molecule has 0 aromatic carbocycles. The van der Waals surface area contributed by atoms with E-state index in [1.165, 1.54) is 18.4 Å². The first-order chi connectivity index (χ1) is 5.70. The van der Waals surface area contributed by atoms with Crippen LogP contribution in [0.25, 0.3) is 0 Å². The largest absolute Gasteiger partial charge is 0.465 e. The van der Waals surface area contributed by atoms with Crippen LogP contribution >= 0.6 is 23.7 Å². The van der Waals surface area contributed by atoms with Gasteiger partial charge in [0.25, 0.3) is 0 Å². The first-order valence-corrected chi connectivity index (χ1v) is 4.52. The van der Waals surface area contributed by atoms with Gasteiger partial charge in [0.15, 0.2) is 0 Å². The van der Waals surface area contributed by atoms with Gasteiger partial charge >= 0.3 is 5.97 Å². The Labute approximate surface area is 87.3 Å². The van der Waals surface area contributed by atoms with Crippen LogP contribution in [0.5, 0.6) is 0 Å².